The number of furan rings is 1. The standard InChI is InChI=1S/C6H9N3O/c1-4-2-3-10-5(4)6(7)9-8/h2-3H,8H2,1H3,(H2,7,9). The van der Waals surface area contributed by atoms with Gasteiger partial charge in [-0.1, -0.05) is 0 Å². The summed E-state index contributed by atoms with van der Waals surface area (Å²) in [5, 5.41) is 3.29. The van der Waals surface area contributed by atoms with Gasteiger partial charge in [0.25, 0.3) is 0 Å². The summed E-state index contributed by atoms with van der Waals surface area (Å²) in [7, 11) is 0. The highest BCUT2D eigenvalue weighted by Crippen LogP contribution is 2.06. The predicted molar refractivity (Wildman–Crippen MR) is 38.4 cm³/mol. The molecule has 1 aromatic heterocycles. The number of hydrazone groups is 1. The number of nitrogens with zero attached hydrogens (tertiary/aromatic N) is 1. The van der Waals surface area contributed by atoms with Crippen LogP contribution in [0.25, 0.3) is 0 Å². The molecular formula is C6H9N3O. The Bertz CT molecular complexity index is 251. The first kappa shape index (κ1) is 6.67. The summed E-state index contributed by atoms with van der Waals surface area (Å²) in [5.74, 6) is 5.70. The number of amidine groups is 1. The lowest BCUT2D eigenvalue weighted by Crippen LogP contribution is -2.15. The van der Waals surface area contributed by atoms with Gasteiger partial charge >= 0.3 is 0 Å². The molecule has 1 heterocycles. The molecular weight excluding hydrogens is 130 g/mol. The molecule has 0 aliphatic rings. The lowest BCUT2D eigenvalue weighted by Gasteiger charge is -1.92. The van der Waals surface area contributed by atoms with Crippen LogP contribution in [0.2, 0.25) is 0 Å². The highest BCUT2D eigenvalue weighted by molar-refractivity contribution is 5.95. The van der Waals surface area contributed by atoms with Crippen molar-refractivity contribution in [1.29, 1.82) is 0 Å². The first-order valence-electron chi connectivity index (χ1n) is 2.83. The minimum Gasteiger partial charge on any atom is -0.461 e. The van der Waals surface area contributed by atoms with Crippen LogP contribution < -0.4 is 11.6 Å². The van der Waals surface area contributed by atoms with E-state index in [0.717, 1.165) is 5.56 Å². The van der Waals surface area contributed by atoms with Crippen LogP contribution in [0, 0.1) is 6.92 Å². The van der Waals surface area contributed by atoms with Crippen LogP contribution in [-0.4, -0.2) is 5.84 Å². The maximum Gasteiger partial charge on any atom is 0.186 e. The molecule has 0 aliphatic heterocycles. The molecule has 0 amide bonds. The summed E-state index contributed by atoms with van der Waals surface area (Å²) >= 11 is 0. The number of hydrogen-bond acceptors (Lipinski definition) is 3. The number of nitrogens with two attached hydrogens (primary N) is 2. The Balaban J connectivity index is 3.05. The molecule has 0 saturated carbocycles. The molecule has 0 unspecified atom stereocenters. The Morgan fingerprint density at radius 1 is 1.70 bits per heavy atom. The Hall–Kier alpha value is -1.45. The van der Waals surface area contributed by atoms with E-state index in [9.17, 15) is 0 Å². The van der Waals surface area contributed by atoms with Crippen LogP contribution in [0.3, 0.4) is 0 Å². The first-order chi connectivity index (χ1) is 4.75. The van der Waals surface area contributed by atoms with Gasteiger partial charge in [0.2, 0.25) is 0 Å². The summed E-state index contributed by atoms with van der Waals surface area (Å²) in [5.41, 5.74) is 6.31. The summed E-state index contributed by atoms with van der Waals surface area (Å²) in [6.07, 6.45) is 1.54. The third-order valence-electron chi connectivity index (χ3n) is 1.23. The lowest BCUT2D eigenvalue weighted by atomic mass is 10.3. The summed E-state index contributed by atoms with van der Waals surface area (Å²) in [4.78, 5) is 0. The van der Waals surface area contributed by atoms with E-state index in [2.05, 4.69) is 5.10 Å². The Kier molecular flexibility index (Phi) is 1.62. The molecule has 0 aromatic carbocycles. The molecule has 0 saturated heterocycles. The molecule has 0 spiro atoms. The molecule has 0 radical (unpaired) electrons. The highest BCUT2D eigenvalue weighted by Gasteiger charge is 2.04. The third kappa shape index (κ3) is 0.953. The Morgan fingerprint density at radius 2 is 2.40 bits per heavy atom. The van der Waals surface area contributed by atoms with E-state index in [1.807, 2.05) is 6.92 Å². The fourth-order valence-corrected chi connectivity index (χ4v) is 0.694. The smallest absolute Gasteiger partial charge is 0.186 e. The normalized spacial score (nSPS) is 11.9. The maximum atomic E-state index is 5.37. The van der Waals surface area contributed by atoms with Gasteiger partial charge in [0.1, 0.15) is 0 Å². The van der Waals surface area contributed by atoms with E-state index in [1.54, 1.807) is 12.3 Å². The van der Waals surface area contributed by atoms with Crippen molar-refractivity contribution in [3.05, 3.63) is 23.7 Å². The second-order valence-corrected chi connectivity index (χ2v) is 1.95. The molecule has 4 heteroatoms. The highest BCUT2D eigenvalue weighted by atomic mass is 16.3. The van der Waals surface area contributed by atoms with Crippen molar-refractivity contribution in [2.45, 2.75) is 6.92 Å². The number of hydrogen-bond donors (Lipinski definition) is 2. The monoisotopic (exact) mass is 139 g/mol. The van der Waals surface area contributed by atoms with Gasteiger partial charge in [-0.25, -0.2) is 0 Å². The maximum absolute atomic E-state index is 5.37. The first-order valence-corrected chi connectivity index (χ1v) is 2.83. The molecule has 10 heavy (non-hydrogen) atoms. The Labute approximate surface area is 58.5 Å². The second-order valence-electron chi connectivity index (χ2n) is 1.95. The summed E-state index contributed by atoms with van der Waals surface area (Å²) < 4.78 is 4.98. The fraction of sp³-hybridized carbons (Fsp3) is 0.167. The van der Waals surface area contributed by atoms with Gasteiger partial charge in [0, 0.05) is 0 Å². The molecule has 0 aliphatic carbocycles. The minimum atomic E-state index is 0.225. The van der Waals surface area contributed by atoms with Crippen molar-refractivity contribution in [1.82, 2.24) is 0 Å². The van der Waals surface area contributed by atoms with Crippen LogP contribution in [0.5, 0.6) is 0 Å². The Morgan fingerprint density at radius 3 is 2.80 bits per heavy atom. The zero-order valence-corrected chi connectivity index (χ0v) is 5.66. The molecule has 0 bridgehead atoms. The van der Waals surface area contributed by atoms with E-state index in [4.69, 9.17) is 16.0 Å². The summed E-state index contributed by atoms with van der Waals surface area (Å²) in [6.45, 7) is 1.87. The molecule has 4 nitrogen and oxygen atoms in total. The minimum absolute atomic E-state index is 0.225. The molecule has 0 atom stereocenters. The van der Waals surface area contributed by atoms with Crippen LogP contribution in [0.1, 0.15) is 11.3 Å². The van der Waals surface area contributed by atoms with Gasteiger partial charge in [-0.15, -0.1) is 0 Å². The van der Waals surface area contributed by atoms with E-state index in [-0.39, 0.29) is 5.84 Å². The number of aryl methyl sites for hydroxylation is 1. The van der Waals surface area contributed by atoms with Crippen LogP contribution >= 0.6 is 0 Å². The van der Waals surface area contributed by atoms with Crippen molar-refractivity contribution >= 4 is 5.84 Å². The average molecular weight is 139 g/mol. The molecule has 54 valence electrons. The van der Waals surface area contributed by atoms with Crippen molar-refractivity contribution in [3.63, 3.8) is 0 Å². The zero-order valence-electron chi connectivity index (χ0n) is 5.66. The third-order valence-corrected chi connectivity index (χ3v) is 1.23. The van der Waals surface area contributed by atoms with Crippen molar-refractivity contribution in [3.8, 4) is 0 Å². The van der Waals surface area contributed by atoms with Crippen LogP contribution in [0.15, 0.2) is 21.8 Å². The fourth-order valence-electron chi connectivity index (χ4n) is 0.694. The van der Waals surface area contributed by atoms with Crippen molar-refractivity contribution in [2.75, 3.05) is 0 Å². The van der Waals surface area contributed by atoms with Crippen LogP contribution in [-0.2, 0) is 0 Å². The van der Waals surface area contributed by atoms with E-state index in [0.29, 0.717) is 5.76 Å². The summed E-state index contributed by atoms with van der Waals surface area (Å²) in [6, 6.07) is 1.80. The molecule has 1 rings (SSSR count). The average Bonchev–Trinajstić information content (AvgIpc) is 2.34. The zero-order chi connectivity index (χ0) is 7.56. The van der Waals surface area contributed by atoms with Gasteiger partial charge in [0.05, 0.1) is 6.26 Å². The van der Waals surface area contributed by atoms with Gasteiger partial charge in [-0.2, -0.15) is 5.10 Å². The van der Waals surface area contributed by atoms with E-state index >= 15 is 0 Å². The van der Waals surface area contributed by atoms with Gasteiger partial charge in [0.15, 0.2) is 11.6 Å². The quantitative estimate of drug-likeness (QED) is 0.252. The van der Waals surface area contributed by atoms with Crippen LogP contribution in [0.4, 0.5) is 0 Å². The second kappa shape index (κ2) is 2.43. The van der Waals surface area contributed by atoms with E-state index < -0.39 is 0 Å². The number of rotatable bonds is 1. The largest absolute Gasteiger partial charge is 0.461 e. The van der Waals surface area contributed by atoms with Crippen molar-refractivity contribution < 1.29 is 4.42 Å². The molecule has 1 aromatic rings. The van der Waals surface area contributed by atoms with Crippen molar-refractivity contribution in [2.24, 2.45) is 16.7 Å². The molecule has 4 N–H and O–H groups in total. The van der Waals surface area contributed by atoms with Gasteiger partial charge in [-0.05, 0) is 18.6 Å². The lowest BCUT2D eigenvalue weighted by molar-refractivity contribution is 0.554. The van der Waals surface area contributed by atoms with Gasteiger partial charge in [-0.3, -0.25) is 0 Å². The topological polar surface area (TPSA) is 77.5 Å². The predicted octanol–water partition coefficient (Wildman–Crippen LogP) is 0.167. The molecule has 0 fully saturated rings. The van der Waals surface area contributed by atoms with E-state index in [1.165, 1.54) is 0 Å². The SMILES string of the molecule is Cc1ccoc1/C(N)=N/N. The van der Waals surface area contributed by atoms with Gasteiger partial charge < -0.3 is 16.0 Å².